The summed E-state index contributed by atoms with van der Waals surface area (Å²) in [7, 11) is 0. The summed E-state index contributed by atoms with van der Waals surface area (Å²) in [6.45, 7) is 0.642. The lowest BCUT2D eigenvalue weighted by Gasteiger charge is -2.29. The van der Waals surface area contributed by atoms with E-state index in [-0.39, 0.29) is 17.9 Å². The van der Waals surface area contributed by atoms with Crippen LogP contribution < -0.4 is 0 Å². The largest absolute Gasteiger partial charge is 0.478 e. The molecule has 1 aromatic carbocycles. The Kier molecular flexibility index (Phi) is 3.72. The standard InChI is InChI=1S/C16H16ClNO3/c17-12-5-3-11(4-6-12)13-7-15(19)18(8-10-1-2-10)9-14(13)16(20)21/h3-6,9-10,13H,1-2,7-8H2,(H,20,21). The van der Waals surface area contributed by atoms with E-state index in [1.165, 1.54) is 6.20 Å². The van der Waals surface area contributed by atoms with Crippen molar-refractivity contribution in [2.24, 2.45) is 5.92 Å². The molecule has 0 aromatic heterocycles. The number of carboxylic acid groups (broad SMARTS) is 1. The summed E-state index contributed by atoms with van der Waals surface area (Å²) < 4.78 is 0. The topological polar surface area (TPSA) is 57.6 Å². The predicted molar refractivity (Wildman–Crippen MR) is 79.0 cm³/mol. The minimum absolute atomic E-state index is 0.00755. The molecule has 1 fully saturated rings. The third kappa shape index (κ3) is 3.10. The van der Waals surface area contributed by atoms with Gasteiger partial charge in [-0.25, -0.2) is 4.79 Å². The van der Waals surface area contributed by atoms with E-state index in [1.54, 1.807) is 29.2 Å². The molecule has 1 aliphatic heterocycles. The van der Waals surface area contributed by atoms with Crippen molar-refractivity contribution in [2.75, 3.05) is 6.54 Å². The molecule has 4 nitrogen and oxygen atoms in total. The Bertz CT molecular complexity index is 604. The molecule has 1 heterocycles. The highest BCUT2D eigenvalue weighted by Gasteiger charge is 2.34. The van der Waals surface area contributed by atoms with Crippen LogP contribution in [0.4, 0.5) is 0 Å². The van der Waals surface area contributed by atoms with Gasteiger partial charge in [0, 0.05) is 30.1 Å². The molecule has 1 aromatic rings. The molecular weight excluding hydrogens is 290 g/mol. The molecule has 21 heavy (non-hydrogen) atoms. The highest BCUT2D eigenvalue weighted by Crippen LogP contribution is 2.36. The number of nitrogens with zero attached hydrogens (tertiary/aromatic N) is 1. The molecule has 1 aliphatic carbocycles. The number of hydrogen-bond acceptors (Lipinski definition) is 2. The van der Waals surface area contributed by atoms with Gasteiger partial charge in [0.1, 0.15) is 0 Å². The van der Waals surface area contributed by atoms with Crippen LogP contribution in [0.25, 0.3) is 0 Å². The lowest BCUT2D eigenvalue weighted by Crippen LogP contribution is -2.35. The zero-order valence-electron chi connectivity index (χ0n) is 11.5. The molecule has 1 amide bonds. The van der Waals surface area contributed by atoms with E-state index in [9.17, 15) is 14.7 Å². The first-order chi connectivity index (χ1) is 10.0. The van der Waals surface area contributed by atoms with Crippen LogP contribution in [0.2, 0.25) is 5.02 Å². The van der Waals surface area contributed by atoms with Gasteiger partial charge < -0.3 is 10.0 Å². The van der Waals surface area contributed by atoms with Gasteiger partial charge in [0.25, 0.3) is 0 Å². The molecule has 0 radical (unpaired) electrons. The van der Waals surface area contributed by atoms with Gasteiger partial charge in [-0.15, -0.1) is 0 Å². The van der Waals surface area contributed by atoms with Crippen molar-refractivity contribution in [3.8, 4) is 0 Å². The van der Waals surface area contributed by atoms with Gasteiger partial charge in [-0.3, -0.25) is 4.79 Å². The summed E-state index contributed by atoms with van der Waals surface area (Å²) in [6, 6.07) is 7.01. The molecule has 1 atom stereocenters. The van der Waals surface area contributed by atoms with Gasteiger partial charge >= 0.3 is 5.97 Å². The number of rotatable bonds is 4. The Morgan fingerprint density at radius 1 is 1.29 bits per heavy atom. The SMILES string of the molecule is O=C(O)C1=CN(CC2CC2)C(=O)CC1c1ccc(Cl)cc1. The first-order valence-electron chi connectivity index (χ1n) is 7.04. The minimum Gasteiger partial charge on any atom is -0.478 e. The van der Waals surface area contributed by atoms with Gasteiger partial charge in [0.15, 0.2) is 0 Å². The molecular formula is C16H16ClNO3. The van der Waals surface area contributed by atoms with Gasteiger partial charge in [-0.05, 0) is 36.5 Å². The molecule has 0 saturated heterocycles. The van der Waals surface area contributed by atoms with E-state index < -0.39 is 11.9 Å². The maximum Gasteiger partial charge on any atom is 0.333 e. The smallest absolute Gasteiger partial charge is 0.333 e. The summed E-state index contributed by atoms with van der Waals surface area (Å²) >= 11 is 5.86. The number of carboxylic acids is 1. The molecule has 1 saturated carbocycles. The summed E-state index contributed by atoms with van der Waals surface area (Å²) in [5.74, 6) is -0.842. The fraction of sp³-hybridized carbons (Fsp3) is 0.375. The van der Waals surface area contributed by atoms with E-state index in [0.717, 1.165) is 18.4 Å². The van der Waals surface area contributed by atoms with Gasteiger partial charge in [-0.2, -0.15) is 0 Å². The average molecular weight is 306 g/mol. The Labute approximate surface area is 128 Å². The van der Waals surface area contributed by atoms with Crippen molar-refractivity contribution in [3.05, 3.63) is 46.6 Å². The highest BCUT2D eigenvalue weighted by molar-refractivity contribution is 6.30. The molecule has 2 aliphatic rings. The maximum absolute atomic E-state index is 12.2. The van der Waals surface area contributed by atoms with Crippen LogP contribution in [0.5, 0.6) is 0 Å². The first kappa shape index (κ1) is 14.1. The summed E-state index contributed by atoms with van der Waals surface area (Å²) in [4.78, 5) is 25.3. The van der Waals surface area contributed by atoms with E-state index in [4.69, 9.17) is 11.6 Å². The molecule has 5 heteroatoms. The number of hydrogen-bond donors (Lipinski definition) is 1. The maximum atomic E-state index is 12.2. The van der Waals surface area contributed by atoms with Crippen LogP contribution in [-0.4, -0.2) is 28.4 Å². The second-order valence-corrected chi connectivity index (χ2v) is 6.12. The Balaban J connectivity index is 1.90. The Morgan fingerprint density at radius 3 is 2.52 bits per heavy atom. The first-order valence-corrected chi connectivity index (χ1v) is 7.42. The number of carbonyl (C=O) groups is 2. The molecule has 1 unspecified atom stereocenters. The van der Waals surface area contributed by atoms with Crippen molar-refractivity contribution in [1.82, 2.24) is 4.90 Å². The molecule has 3 rings (SSSR count). The van der Waals surface area contributed by atoms with Crippen LogP contribution in [-0.2, 0) is 9.59 Å². The van der Waals surface area contributed by atoms with Crippen LogP contribution in [0.1, 0.15) is 30.7 Å². The Morgan fingerprint density at radius 2 is 1.95 bits per heavy atom. The number of aliphatic carboxylic acids is 1. The van der Waals surface area contributed by atoms with Crippen LogP contribution in [0, 0.1) is 5.92 Å². The van der Waals surface area contributed by atoms with Crippen LogP contribution in [0.3, 0.4) is 0 Å². The second kappa shape index (κ2) is 5.53. The predicted octanol–water partition coefficient (Wildman–Crippen LogP) is 3.03. The average Bonchev–Trinajstić information content (AvgIpc) is 3.25. The lowest BCUT2D eigenvalue weighted by atomic mass is 9.86. The molecule has 0 spiro atoms. The zero-order valence-corrected chi connectivity index (χ0v) is 12.2. The number of benzene rings is 1. The number of halogens is 1. The third-order valence-electron chi connectivity index (χ3n) is 4.04. The van der Waals surface area contributed by atoms with Crippen molar-refractivity contribution < 1.29 is 14.7 Å². The fourth-order valence-corrected chi connectivity index (χ4v) is 2.79. The van der Waals surface area contributed by atoms with Gasteiger partial charge in [0.05, 0.1) is 5.57 Å². The minimum atomic E-state index is -0.969. The van der Waals surface area contributed by atoms with E-state index >= 15 is 0 Å². The second-order valence-electron chi connectivity index (χ2n) is 5.69. The van der Waals surface area contributed by atoms with E-state index in [2.05, 4.69) is 0 Å². The molecule has 110 valence electrons. The third-order valence-corrected chi connectivity index (χ3v) is 4.29. The Hall–Kier alpha value is -1.81. The van der Waals surface area contributed by atoms with Crippen LogP contribution in [0.15, 0.2) is 36.0 Å². The van der Waals surface area contributed by atoms with E-state index in [1.807, 2.05) is 0 Å². The highest BCUT2D eigenvalue weighted by atomic mass is 35.5. The summed E-state index contributed by atoms with van der Waals surface area (Å²) in [5.41, 5.74) is 1.09. The normalized spacial score (nSPS) is 22.1. The fourth-order valence-electron chi connectivity index (χ4n) is 2.66. The zero-order chi connectivity index (χ0) is 15.0. The van der Waals surface area contributed by atoms with Gasteiger partial charge in [0.2, 0.25) is 5.91 Å². The number of amides is 1. The van der Waals surface area contributed by atoms with Crippen molar-refractivity contribution in [1.29, 1.82) is 0 Å². The lowest BCUT2D eigenvalue weighted by molar-refractivity contribution is -0.134. The number of carbonyl (C=O) groups excluding carboxylic acids is 1. The van der Waals surface area contributed by atoms with E-state index in [0.29, 0.717) is 17.5 Å². The monoisotopic (exact) mass is 305 g/mol. The van der Waals surface area contributed by atoms with Crippen molar-refractivity contribution in [2.45, 2.75) is 25.2 Å². The summed E-state index contributed by atoms with van der Waals surface area (Å²) in [6.07, 6.45) is 3.97. The molecule has 0 bridgehead atoms. The quantitative estimate of drug-likeness (QED) is 0.930. The van der Waals surface area contributed by atoms with Gasteiger partial charge in [-0.1, -0.05) is 23.7 Å². The van der Waals surface area contributed by atoms with Crippen molar-refractivity contribution in [3.63, 3.8) is 0 Å². The van der Waals surface area contributed by atoms with Crippen molar-refractivity contribution >= 4 is 23.5 Å². The van der Waals surface area contributed by atoms with Crippen LogP contribution >= 0.6 is 11.6 Å². The summed E-state index contributed by atoms with van der Waals surface area (Å²) in [5, 5.41) is 10.0. The molecule has 1 N–H and O–H groups in total.